The van der Waals surface area contributed by atoms with Gasteiger partial charge in [0.05, 0.1) is 7.11 Å². The molecular weight excluding hydrogens is 142 g/mol. The van der Waals surface area contributed by atoms with Crippen LogP contribution in [0.1, 0.15) is 12.5 Å². The third-order valence-electron chi connectivity index (χ3n) is 1.44. The van der Waals surface area contributed by atoms with Crippen molar-refractivity contribution in [3.8, 4) is 6.01 Å². The molecule has 0 aliphatic heterocycles. The molecule has 1 aromatic heterocycles. The van der Waals surface area contributed by atoms with Crippen LogP contribution in [0, 0.1) is 0 Å². The number of hydrogen-bond donors (Lipinski definition) is 1. The molecule has 11 heavy (non-hydrogen) atoms. The molecular formula is C7H11N3O. The largest absolute Gasteiger partial charge is 0.467 e. The number of aromatic nitrogens is 2. The number of nitrogens with zero attached hydrogens (tertiary/aromatic N) is 2. The predicted molar refractivity (Wildman–Crippen MR) is 42.4 cm³/mol. The molecule has 0 unspecified atom stereocenters. The maximum atomic E-state index is 5.58. The highest BCUT2D eigenvalue weighted by atomic mass is 16.5. The molecule has 0 aliphatic rings. The zero-order chi connectivity index (χ0) is 8.27. The summed E-state index contributed by atoms with van der Waals surface area (Å²) in [5, 5.41) is 0. The van der Waals surface area contributed by atoms with E-state index in [-0.39, 0.29) is 0 Å². The van der Waals surface area contributed by atoms with Crippen molar-refractivity contribution in [2.24, 2.45) is 0 Å². The lowest BCUT2D eigenvalue weighted by atomic mass is 10.2. The Hall–Kier alpha value is -1.32. The molecule has 0 radical (unpaired) electrons. The van der Waals surface area contributed by atoms with Crippen molar-refractivity contribution in [1.29, 1.82) is 0 Å². The van der Waals surface area contributed by atoms with E-state index >= 15 is 0 Å². The summed E-state index contributed by atoms with van der Waals surface area (Å²) < 4.78 is 4.79. The number of rotatable bonds is 2. The molecule has 0 saturated carbocycles. The molecule has 0 amide bonds. The first kappa shape index (κ1) is 7.78. The molecule has 0 aromatic carbocycles. The van der Waals surface area contributed by atoms with Gasteiger partial charge in [0, 0.05) is 11.8 Å². The van der Waals surface area contributed by atoms with Crippen LogP contribution in [0.5, 0.6) is 6.01 Å². The Balaban J connectivity index is 2.99. The van der Waals surface area contributed by atoms with Gasteiger partial charge in [-0.3, -0.25) is 0 Å². The fourth-order valence-corrected chi connectivity index (χ4v) is 0.774. The minimum Gasteiger partial charge on any atom is -0.467 e. The topological polar surface area (TPSA) is 61.0 Å². The number of anilines is 1. The first-order valence-electron chi connectivity index (χ1n) is 3.43. The Morgan fingerprint density at radius 2 is 2.36 bits per heavy atom. The fraction of sp³-hybridized carbons (Fsp3) is 0.429. The quantitative estimate of drug-likeness (QED) is 0.677. The third-order valence-corrected chi connectivity index (χ3v) is 1.44. The fourth-order valence-electron chi connectivity index (χ4n) is 0.774. The molecule has 0 fully saturated rings. The molecule has 0 aliphatic carbocycles. The van der Waals surface area contributed by atoms with Crippen molar-refractivity contribution in [1.82, 2.24) is 9.97 Å². The molecule has 1 rings (SSSR count). The second-order valence-electron chi connectivity index (χ2n) is 2.12. The average Bonchev–Trinajstić information content (AvgIpc) is 2.04. The van der Waals surface area contributed by atoms with Crippen LogP contribution >= 0.6 is 0 Å². The molecule has 60 valence electrons. The van der Waals surface area contributed by atoms with Gasteiger partial charge in [-0.05, 0) is 6.42 Å². The van der Waals surface area contributed by atoms with Crippen molar-refractivity contribution in [3.63, 3.8) is 0 Å². The SMILES string of the molecule is CCc1cnc(OC)nc1N. The number of ether oxygens (including phenoxy) is 1. The van der Waals surface area contributed by atoms with Crippen LogP contribution in [-0.2, 0) is 6.42 Å². The second-order valence-corrected chi connectivity index (χ2v) is 2.12. The van der Waals surface area contributed by atoms with E-state index in [9.17, 15) is 0 Å². The Morgan fingerprint density at radius 1 is 1.64 bits per heavy atom. The molecule has 0 spiro atoms. The van der Waals surface area contributed by atoms with Gasteiger partial charge in [-0.1, -0.05) is 6.92 Å². The smallest absolute Gasteiger partial charge is 0.318 e. The zero-order valence-corrected chi connectivity index (χ0v) is 6.66. The van der Waals surface area contributed by atoms with Crippen molar-refractivity contribution in [2.45, 2.75) is 13.3 Å². The summed E-state index contributed by atoms with van der Waals surface area (Å²) in [5.74, 6) is 0.499. The molecule has 0 atom stereocenters. The van der Waals surface area contributed by atoms with E-state index in [2.05, 4.69) is 9.97 Å². The minimum absolute atomic E-state index is 0.319. The molecule has 2 N–H and O–H groups in total. The van der Waals surface area contributed by atoms with Gasteiger partial charge < -0.3 is 10.5 Å². The van der Waals surface area contributed by atoms with Crippen molar-refractivity contribution < 1.29 is 4.74 Å². The highest BCUT2D eigenvalue weighted by Crippen LogP contribution is 2.10. The second kappa shape index (κ2) is 3.18. The Kier molecular flexibility index (Phi) is 2.25. The Morgan fingerprint density at radius 3 is 2.82 bits per heavy atom. The zero-order valence-electron chi connectivity index (χ0n) is 6.66. The van der Waals surface area contributed by atoms with Gasteiger partial charge in [0.15, 0.2) is 0 Å². The predicted octanol–water partition coefficient (Wildman–Crippen LogP) is 0.630. The van der Waals surface area contributed by atoms with E-state index in [1.807, 2.05) is 6.92 Å². The van der Waals surface area contributed by atoms with Crippen LogP contribution in [0.4, 0.5) is 5.82 Å². The van der Waals surface area contributed by atoms with Crippen molar-refractivity contribution in [3.05, 3.63) is 11.8 Å². The minimum atomic E-state index is 0.319. The lowest BCUT2D eigenvalue weighted by Gasteiger charge is -2.01. The van der Waals surface area contributed by atoms with Gasteiger partial charge in [0.2, 0.25) is 0 Å². The first-order valence-corrected chi connectivity index (χ1v) is 3.43. The molecule has 4 heteroatoms. The Labute approximate surface area is 65.4 Å². The van der Waals surface area contributed by atoms with Crippen LogP contribution in [0.15, 0.2) is 6.20 Å². The van der Waals surface area contributed by atoms with Crippen LogP contribution in [0.25, 0.3) is 0 Å². The van der Waals surface area contributed by atoms with E-state index in [0.29, 0.717) is 11.8 Å². The Bertz CT molecular complexity index is 249. The van der Waals surface area contributed by atoms with Crippen LogP contribution in [0.3, 0.4) is 0 Å². The lowest BCUT2D eigenvalue weighted by molar-refractivity contribution is 0.380. The maximum Gasteiger partial charge on any atom is 0.318 e. The van der Waals surface area contributed by atoms with Gasteiger partial charge >= 0.3 is 6.01 Å². The first-order chi connectivity index (χ1) is 5.27. The van der Waals surface area contributed by atoms with Crippen molar-refractivity contribution in [2.75, 3.05) is 12.8 Å². The summed E-state index contributed by atoms with van der Waals surface area (Å²) >= 11 is 0. The molecule has 1 aromatic rings. The van der Waals surface area contributed by atoms with E-state index in [4.69, 9.17) is 10.5 Å². The standard InChI is InChI=1S/C7H11N3O/c1-3-5-4-9-7(11-2)10-6(5)8/h4H,3H2,1-2H3,(H2,8,9,10). The van der Waals surface area contributed by atoms with Gasteiger partial charge in [-0.25, -0.2) is 4.98 Å². The molecule has 1 heterocycles. The van der Waals surface area contributed by atoms with Gasteiger partial charge in [-0.2, -0.15) is 4.98 Å². The van der Waals surface area contributed by atoms with E-state index in [1.165, 1.54) is 7.11 Å². The van der Waals surface area contributed by atoms with E-state index in [1.54, 1.807) is 6.20 Å². The summed E-state index contributed by atoms with van der Waals surface area (Å²) in [4.78, 5) is 7.82. The highest BCUT2D eigenvalue weighted by molar-refractivity contribution is 5.38. The summed E-state index contributed by atoms with van der Waals surface area (Å²) in [6, 6.07) is 0.319. The van der Waals surface area contributed by atoms with Gasteiger partial charge in [-0.15, -0.1) is 0 Å². The third kappa shape index (κ3) is 1.58. The summed E-state index contributed by atoms with van der Waals surface area (Å²) in [7, 11) is 1.51. The molecule has 0 bridgehead atoms. The monoisotopic (exact) mass is 153 g/mol. The number of hydrogen-bond acceptors (Lipinski definition) is 4. The van der Waals surface area contributed by atoms with Gasteiger partial charge in [0.1, 0.15) is 5.82 Å². The number of aryl methyl sites for hydroxylation is 1. The van der Waals surface area contributed by atoms with Crippen molar-refractivity contribution >= 4 is 5.82 Å². The summed E-state index contributed by atoms with van der Waals surface area (Å²) in [6.45, 7) is 2.00. The van der Waals surface area contributed by atoms with Crippen LogP contribution in [-0.4, -0.2) is 17.1 Å². The van der Waals surface area contributed by atoms with E-state index in [0.717, 1.165) is 12.0 Å². The van der Waals surface area contributed by atoms with Gasteiger partial charge in [0.25, 0.3) is 0 Å². The molecule has 0 saturated heterocycles. The molecule has 4 nitrogen and oxygen atoms in total. The maximum absolute atomic E-state index is 5.58. The lowest BCUT2D eigenvalue weighted by Crippen LogP contribution is -2.00. The number of nitrogens with two attached hydrogens (primary N) is 1. The van der Waals surface area contributed by atoms with Crippen LogP contribution < -0.4 is 10.5 Å². The normalized spacial score (nSPS) is 9.64. The summed E-state index contributed by atoms with van der Waals surface area (Å²) in [5.41, 5.74) is 6.53. The van der Waals surface area contributed by atoms with Crippen LogP contribution in [0.2, 0.25) is 0 Å². The summed E-state index contributed by atoms with van der Waals surface area (Å²) in [6.07, 6.45) is 2.52. The number of nitrogen functional groups attached to an aromatic ring is 1. The highest BCUT2D eigenvalue weighted by Gasteiger charge is 2.00. The average molecular weight is 153 g/mol. The van der Waals surface area contributed by atoms with E-state index < -0.39 is 0 Å². The number of methoxy groups -OCH3 is 1.